The maximum absolute atomic E-state index is 12.5. The van der Waals surface area contributed by atoms with Crippen LogP contribution in [0.15, 0.2) is 60.9 Å². The van der Waals surface area contributed by atoms with Crippen LogP contribution in [0, 0.1) is 0 Å². The Balaban J connectivity index is 0.00000256. The minimum absolute atomic E-state index is 0. The van der Waals surface area contributed by atoms with Gasteiger partial charge < -0.3 is 16.6 Å². The van der Waals surface area contributed by atoms with Gasteiger partial charge in [0.25, 0.3) is 5.91 Å². The molecule has 2 N–H and O–H groups in total. The summed E-state index contributed by atoms with van der Waals surface area (Å²) in [6, 6.07) is 12.8. The first kappa shape index (κ1) is 24.8. The zero-order chi connectivity index (χ0) is 21.5. The number of benzene rings is 2. The Kier molecular flexibility index (Phi) is 9.41. The summed E-state index contributed by atoms with van der Waals surface area (Å²) < 4.78 is 5.66. The van der Waals surface area contributed by atoms with Crippen molar-refractivity contribution >= 4 is 40.8 Å². The maximum Gasteiger partial charge on any atom is 1.00 e. The van der Waals surface area contributed by atoms with Gasteiger partial charge in [0, 0.05) is 17.4 Å². The van der Waals surface area contributed by atoms with Gasteiger partial charge in [0.2, 0.25) is 0 Å². The van der Waals surface area contributed by atoms with Crippen LogP contribution < -0.4 is 28.9 Å². The monoisotopic (exact) mass is 452 g/mol. The largest absolute Gasteiger partial charge is 1.00 e. The molecule has 2 aromatic carbocycles. The van der Waals surface area contributed by atoms with Crippen molar-refractivity contribution in [1.29, 1.82) is 0 Å². The van der Waals surface area contributed by atoms with Crippen molar-refractivity contribution in [2.45, 2.75) is 12.8 Å². The number of nitrogens with zero attached hydrogens (tertiary/aromatic N) is 1. The molecular formula is C22H19Cl2LiN2O4. The number of aromatic nitrogens is 1. The number of hydrogen-bond donors (Lipinski definition) is 2. The second-order valence-electron chi connectivity index (χ2n) is 6.40. The number of amides is 1. The molecule has 0 aliphatic rings. The molecule has 0 radical (unpaired) electrons. The Bertz CT molecular complexity index is 1070. The first-order valence-corrected chi connectivity index (χ1v) is 9.85. The van der Waals surface area contributed by atoms with Crippen LogP contribution >= 0.6 is 23.2 Å². The molecule has 0 atom stereocenters. The van der Waals surface area contributed by atoms with Gasteiger partial charge in [0.05, 0.1) is 28.4 Å². The number of carbonyl (C=O) groups excluding carboxylic acids is 1. The van der Waals surface area contributed by atoms with Crippen molar-refractivity contribution in [3.05, 3.63) is 87.7 Å². The normalized spacial score (nSPS) is 10.1. The molecule has 0 bridgehead atoms. The first-order chi connectivity index (χ1) is 14.4. The van der Waals surface area contributed by atoms with Crippen molar-refractivity contribution in [2.75, 3.05) is 11.9 Å². The summed E-state index contributed by atoms with van der Waals surface area (Å²) in [5.74, 6) is -1.32. The summed E-state index contributed by atoms with van der Waals surface area (Å²) in [6.45, 7) is 0.417. The fourth-order valence-electron chi connectivity index (χ4n) is 2.77. The minimum atomic E-state index is -1.19. The van der Waals surface area contributed by atoms with Gasteiger partial charge in [-0.3, -0.25) is 9.78 Å². The molecular weight excluding hydrogens is 434 g/mol. The molecule has 0 aliphatic carbocycles. The zero-order valence-electron chi connectivity index (χ0n) is 17.8. The van der Waals surface area contributed by atoms with Gasteiger partial charge in [-0.2, -0.15) is 0 Å². The van der Waals surface area contributed by atoms with Crippen molar-refractivity contribution in [3.8, 4) is 5.75 Å². The van der Waals surface area contributed by atoms with Crippen LogP contribution in [0.3, 0.4) is 0 Å². The van der Waals surface area contributed by atoms with Crippen LogP contribution in [0.5, 0.6) is 5.75 Å². The Morgan fingerprint density at radius 3 is 2.58 bits per heavy atom. The number of carboxylic acid groups (broad SMARTS) is 1. The Morgan fingerprint density at radius 2 is 1.90 bits per heavy atom. The molecule has 0 spiro atoms. The average Bonchev–Trinajstić information content (AvgIpc) is 2.72. The predicted molar refractivity (Wildman–Crippen MR) is 117 cm³/mol. The molecule has 9 heteroatoms. The summed E-state index contributed by atoms with van der Waals surface area (Å²) in [5, 5.41) is 12.7. The summed E-state index contributed by atoms with van der Waals surface area (Å²) in [6.07, 6.45) is 5.07. The van der Waals surface area contributed by atoms with E-state index in [1.54, 1.807) is 18.5 Å². The minimum Gasteiger partial charge on any atom is -1.00 e. The first-order valence-electron chi connectivity index (χ1n) is 9.09. The molecule has 0 saturated heterocycles. The number of rotatable bonds is 8. The molecule has 1 amide bonds. The van der Waals surface area contributed by atoms with Gasteiger partial charge >= 0.3 is 24.8 Å². The number of nitrogens with one attached hydrogen (secondary N) is 1. The van der Waals surface area contributed by atoms with E-state index in [-0.39, 0.29) is 42.1 Å². The van der Waals surface area contributed by atoms with Gasteiger partial charge in [-0.15, -0.1) is 0 Å². The van der Waals surface area contributed by atoms with E-state index in [1.165, 1.54) is 30.3 Å². The summed E-state index contributed by atoms with van der Waals surface area (Å²) >= 11 is 11.9. The van der Waals surface area contributed by atoms with E-state index < -0.39 is 11.9 Å². The quantitative estimate of drug-likeness (QED) is 0.404. The standard InChI is InChI=1S/C22H18Cl2N2O4.Li.H/c23-15-5-7-17(19(24)11-15)21(27)26-20-8-6-16(12-18(20)22(28)29)30-10-2-4-14-3-1-9-25-13-14;;/h1,3,5-9,11-13H,2,4,10H2,(H,26,27)(H,28,29);;/q;+1;-1. The molecule has 6 nitrogen and oxygen atoms in total. The van der Waals surface area contributed by atoms with E-state index >= 15 is 0 Å². The fourth-order valence-corrected chi connectivity index (χ4v) is 3.27. The van der Waals surface area contributed by atoms with Crippen molar-refractivity contribution in [1.82, 2.24) is 4.98 Å². The Labute approximate surface area is 203 Å². The molecule has 0 fully saturated rings. The van der Waals surface area contributed by atoms with Gasteiger partial charge in [-0.25, -0.2) is 4.79 Å². The second kappa shape index (κ2) is 11.8. The topological polar surface area (TPSA) is 88.5 Å². The zero-order valence-corrected chi connectivity index (χ0v) is 18.3. The summed E-state index contributed by atoms with van der Waals surface area (Å²) in [4.78, 5) is 28.2. The van der Waals surface area contributed by atoms with E-state index in [1.807, 2.05) is 12.1 Å². The number of carbonyl (C=O) groups is 2. The Hall–Kier alpha value is -2.49. The van der Waals surface area contributed by atoms with Gasteiger partial charge in [0.15, 0.2) is 0 Å². The third-order valence-corrected chi connectivity index (χ3v) is 4.79. The Morgan fingerprint density at radius 1 is 1.10 bits per heavy atom. The molecule has 31 heavy (non-hydrogen) atoms. The summed E-state index contributed by atoms with van der Waals surface area (Å²) in [5.41, 5.74) is 1.35. The van der Waals surface area contributed by atoms with Crippen LogP contribution in [0.1, 0.15) is 34.1 Å². The number of anilines is 1. The van der Waals surface area contributed by atoms with Crippen LogP contribution in [0.4, 0.5) is 5.69 Å². The molecule has 0 saturated carbocycles. The van der Waals surface area contributed by atoms with Crippen LogP contribution in [-0.2, 0) is 6.42 Å². The number of aromatic carboxylic acids is 1. The molecule has 3 aromatic rings. The van der Waals surface area contributed by atoms with Crippen molar-refractivity contribution in [2.24, 2.45) is 0 Å². The number of aryl methyl sites for hydroxylation is 1. The van der Waals surface area contributed by atoms with Gasteiger partial charge in [-0.1, -0.05) is 29.3 Å². The molecule has 3 rings (SSSR count). The molecule has 0 unspecified atom stereocenters. The molecule has 1 aromatic heterocycles. The van der Waals surface area contributed by atoms with E-state index in [4.69, 9.17) is 27.9 Å². The third-order valence-electron chi connectivity index (χ3n) is 4.25. The van der Waals surface area contributed by atoms with E-state index in [0.29, 0.717) is 17.4 Å². The number of hydrogen-bond acceptors (Lipinski definition) is 4. The maximum atomic E-state index is 12.5. The third kappa shape index (κ3) is 7.02. The number of carboxylic acids is 1. The number of halogens is 2. The molecule has 156 valence electrons. The average molecular weight is 453 g/mol. The van der Waals surface area contributed by atoms with Crippen molar-refractivity contribution in [3.63, 3.8) is 0 Å². The molecule has 1 heterocycles. The van der Waals surface area contributed by atoms with Gasteiger partial charge in [0.1, 0.15) is 5.75 Å². The fraction of sp³-hybridized carbons (Fsp3) is 0.136. The summed E-state index contributed by atoms with van der Waals surface area (Å²) in [7, 11) is 0. The van der Waals surface area contributed by atoms with Crippen LogP contribution in [0.25, 0.3) is 0 Å². The predicted octanol–water partition coefficient (Wildman–Crippen LogP) is 2.47. The number of ether oxygens (including phenoxy) is 1. The van der Waals surface area contributed by atoms with Crippen LogP contribution in [-0.4, -0.2) is 28.6 Å². The van der Waals surface area contributed by atoms with Crippen molar-refractivity contribution < 1.29 is 39.7 Å². The molecule has 0 aliphatic heterocycles. The van der Waals surface area contributed by atoms with E-state index in [9.17, 15) is 14.7 Å². The van der Waals surface area contributed by atoms with Crippen LogP contribution in [0.2, 0.25) is 10.0 Å². The van der Waals surface area contributed by atoms with E-state index in [2.05, 4.69) is 10.3 Å². The number of pyridine rings is 1. The van der Waals surface area contributed by atoms with E-state index in [0.717, 1.165) is 18.4 Å². The second-order valence-corrected chi connectivity index (χ2v) is 7.25. The van der Waals surface area contributed by atoms with Gasteiger partial charge in [-0.05, 0) is 60.9 Å². The SMILES string of the molecule is O=C(Nc1ccc(OCCCc2cccnc2)cc1C(=O)O)c1ccc(Cl)cc1Cl.[H-].[Li+]. The smallest absolute Gasteiger partial charge is 1.00 e.